The molecule has 0 spiro atoms. The van der Waals surface area contributed by atoms with E-state index in [1.54, 1.807) is 29.1 Å². The summed E-state index contributed by atoms with van der Waals surface area (Å²) < 4.78 is 3.30. The predicted molar refractivity (Wildman–Crippen MR) is 113 cm³/mol. The zero-order valence-corrected chi connectivity index (χ0v) is 17.9. The van der Waals surface area contributed by atoms with Crippen LogP contribution in [0.3, 0.4) is 0 Å². The molecule has 0 aliphatic rings. The fourth-order valence-electron chi connectivity index (χ4n) is 2.21. The van der Waals surface area contributed by atoms with Crippen LogP contribution in [0.4, 0.5) is 5.82 Å². The van der Waals surface area contributed by atoms with Gasteiger partial charge in [-0.1, -0.05) is 41.4 Å². The van der Waals surface area contributed by atoms with Crippen molar-refractivity contribution in [3.63, 3.8) is 0 Å². The van der Waals surface area contributed by atoms with E-state index in [2.05, 4.69) is 48.9 Å². The van der Waals surface area contributed by atoms with Crippen LogP contribution >= 0.6 is 61.7 Å². The molecule has 2 aromatic carbocycles. The lowest BCUT2D eigenvalue weighted by Crippen LogP contribution is -2.14. The molecule has 0 unspecified atom stereocenters. The Morgan fingerprint density at radius 3 is 2.68 bits per heavy atom. The third kappa shape index (κ3) is 4.55. The number of benzene rings is 2. The first-order chi connectivity index (χ1) is 11.9. The molecule has 25 heavy (non-hydrogen) atoms. The van der Waals surface area contributed by atoms with E-state index in [1.807, 2.05) is 24.3 Å². The lowest BCUT2D eigenvalue weighted by atomic mass is 10.2. The number of amides is 1. The van der Waals surface area contributed by atoms with Crippen molar-refractivity contribution >= 4 is 73.4 Å². The molecule has 0 aliphatic heterocycles. The highest BCUT2D eigenvalue weighted by molar-refractivity contribution is 14.1. The monoisotopic (exact) mass is 549 g/mol. The van der Waals surface area contributed by atoms with Gasteiger partial charge in [-0.2, -0.15) is 5.10 Å². The largest absolute Gasteiger partial charge is 0.304 e. The van der Waals surface area contributed by atoms with E-state index in [-0.39, 0.29) is 5.91 Å². The molecule has 1 aromatic heterocycles. The van der Waals surface area contributed by atoms with Gasteiger partial charge in [0, 0.05) is 9.77 Å². The predicted octanol–water partition coefficient (Wildman–Crippen LogP) is 5.86. The normalized spacial score (nSPS) is 10.7. The summed E-state index contributed by atoms with van der Waals surface area (Å²) >= 11 is 17.5. The minimum absolute atomic E-state index is 0.203. The average molecular weight is 551 g/mol. The first kappa shape index (κ1) is 18.7. The van der Waals surface area contributed by atoms with Gasteiger partial charge in [0.2, 0.25) is 0 Å². The van der Waals surface area contributed by atoms with E-state index in [0.29, 0.717) is 32.4 Å². The maximum absolute atomic E-state index is 12.4. The topological polar surface area (TPSA) is 46.9 Å². The van der Waals surface area contributed by atoms with Crippen molar-refractivity contribution < 1.29 is 4.79 Å². The molecule has 1 heterocycles. The number of anilines is 1. The van der Waals surface area contributed by atoms with Crippen molar-refractivity contribution in [3.05, 3.63) is 77.9 Å². The molecule has 0 atom stereocenters. The molecule has 0 fully saturated rings. The number of aromatic nitrogens is 2. The lowest BCUT2D eigenvalue weighted by Gasteiger charge is -2.05. The zero-order chi connectivity index (χ0) is 18.0. The van der Waals surface area contributed by atoms with Crippen LogP contribution in [0.2, 0.25) is 10.0 Å². The number of hydrogen-bond donors (Lipinski definition) is 1. The Morgan fingerprint density at radius 1 is 1.20 bits per heavy atom. The highest BCUT2D eigenvalue weighted by Crippen LogP contribution is 2.25. The van der Waals surface area contributed by atoms with Crippen molar-refractivity contribution in [1.29, 1.82) is 0 Å². The smallest absolute Gasteiger partial charge is 0.257 e. The molecular weight excluding hydrogens is 540 g/mol. The van der Waals surface area contributed by atoms with Crippen molar-refractivity contribution in [2.24, 2.45) is 0 Å². The van der Waals surface area contributed by atoms with Gasteiger partial charge in [-0.3, -0.25) is 9.48 Å². The second-order valence-corrected chi connectivity index (χ2v) is 8.04. The van der Waals surface area contributed by atoms with E-state index in [9.17, 15) is 4.79 Å². The molecule has 1 amide bonds. The van der Waals surface area contributed by atoms with Gasteiger partial charge in [0.05, 0.1) is 26.6 Å². The van der Waals surface area contributed by atoms with Crippen LogP contribution in [0.15, 0.2) is 53.1 Å². The SMILES string of the molecule is O=C(Nc1nn(Cc2ccc(Cl)c(Cl)c2)cc1Br)c1ccccc1I. The first-order valence-corrected chi connectivity index (χ1v) is 9.79. The molecular formula is C17H11BrCl2IN3O. The molecule has 0 saturated heterocycles. The Balaban J connectivity index is 1.77. The molecule has 128 valence electrons. The Kier molecular flexibility index (Phi) is 6.04. The minimum atomic E-state index is -0.203. The van der Waals surface area contributed by atoms with E-state index < -0.39 is 0 Å². The molecule has 0 aliphatic carbocycles. The first-order valence-electron chi connectivity index (χ1n) is 7.17. The Hall–Kier alpha value is -1.09. The third-order valence-corrected chi connectivity index (χ3v) is 5.66. The average Bonchev–Trinajstić information content (AvgIpc) is 2.90. The van der Waals surface area contributed by atoms with Gasteiger partial charge in [-0.25, -0.2) is 0 Å². The Bertz CT molecular complexity index is 945. The van der Waals surface area contributed by atoms with Gasteiger partial charge >= 0.3 is 0 Å². The molecule has 0 saturated carbocycles. The fraction of sp³-hybridized carbons (Fsp3) is 0.0588. The number of carbonyl (C=O) groups excluding carboxylic acids is 1. The van der Waals surface area contributed by atoms with Crippen molar-refractivity contribution in [2.75, 3.05) is 5.32 Å². The summed E-state index contributed by atoms with van der Waals surface area (Å²) in [5.74, 6) is 0.259. The summed E-state index contributed by atoms with van der Waals surface area (Å²) in [4.78, 5) is 12.4. The second-order valence-electron chi connectivity index (χ2n) is 5.21. The Morgan fingerprint density at radius 2 is 1.96 bits per heavy atom. The molecule has 1 N–H and O–H groups in total. The molecule has 0 radical (unpaired) electrons. The quantitative estimate of drug-likeness (QED) is 0.414. The highest BCUT2D eigenvalue weighted by atomic mass is 127. The number of nitrogens with one attached hydrogen (secondary N) is 1. The van der Waals surface area contributed by atoms with Crippen LogP contribution in [0.5, 0.6) is 0 Å². The summed E-state index contributed by atoms with van der Waals surface area (Å²) in [7, 11) is 0. The van der Waals surface area contributed by atoms with E-state index >= 15 is 0 Å². The van der Waals surface area contributed by atoms with Crippen molar-refractivity contribution in [1.82, 2.24) is 9.78 Å². The standard InChI is InChI=1S/C17H11BrCl2IN3O/c18-12-9-24(8-10-5-6-13(19)14(20)7-10)23-16(12)22-17(25)11-3-1-2-4-15(11)21/h1-7,9H,8H2,(H,22,23,25). The number of carbonyl (C=O) groups is 1. The lowest BCUT2D eigenvalue weighted by molar-refractivity contribution is 0.102. The van der Waals surface area contributed by atoms with Gasteiger partial charge in [0.15, 0.2) is 5.82 Å². The van der Waals surface area contributed by atoms with Crippen LogP contribution in [-0.2, 0) is 6.54 Å². The summed E-state index contributed by atoms with van der Waals surface area (Å²) in [5.41, 5.74) is 1.56. The summed E-state index contributed by atoms with van der Waals surface area (Å²) in [5, 5.41) is 8.25. The Labute approximate surface area is 176 Å². The highest BCUT2D eigenvalue weighted by Gasteiger charge is 2.14. The maximum atomic E-state index is 12.4. The van der Waals surface area contributed by atoms with E-state index in [1.165, 1.54) is 0 Å². The van der Waals surface area contributed by atoms with E-state index in [4.69, 9.17) is 23.2 Å². The van der Waals surface area contributed by atoms with Gasteiger partial charge in [0.25, 0.3) is 5.91 Å². The molecule has 0 bridgehead atoms. The van der Waals surface area contributed by atoms with Crippen LogP contribution in [0, 0.1) is 3.57 Å². The molecule has 3 aromatic rings. The van der Waals surface area contributed by atoms with Crippen molar-refractivity contribution in [3.8, 4) is 0 Å². The summed E-state index contributed by atoms with van der Waals surface area (Å²) in [6.07, 6.45) is 1.80. The van der Waals surface area contributed by atoms with Crippen molar-refractivity contribution in [2.45, 2.75) is 6.54 Å². The zero-order valence-electron chi connectivity index (χ0n) is 12.6. The third-order valence-electron chi connectivity index (χ3n) is 3.40. The maximum Gasteiger partial charge on any atom is 0.257 e. The van der Waals surface area contributed by atoms with Gasteiger partial charge in [0.1, 0.15) is 0 Å². The number of nitrogens with zero attached hydrogens (tertiary/aromatic N) is 2. The van der Waals surface area contributed by atoms with Gasteiger partial charge in [-0.05, 0) is 68.3 Å². The fourth-order valence-corrected chi connectivity index (χ4v) is 3.58. The minimum Gasteiger partial charge on any atom is -0.304 e. The van der Waals surface area contributed by atoms with Gasteiger partial charge in [-0.15, -0.1) is 0 Å². The number of hydrogen-bond acceptors (Lipinski definition) is 2. The van der Waals surface area contributed by atoms with Crippen LogP contribution in [0.25, 0.3) is 0 Å². The number of halogens is 4. The van der Waals surface area contributed by atoms with Crippen LogP contribution in [-0.4, -0.2) is 15.7 Å². The second kappa shape index (κ2) is 8.07. The summed E-state index contributed by atoms with van der Waals surface area (Å²) in [6.45, 7) is 0.508. The summed E-state index contributed by atoms with van der Waals surface area (Å²) in [6, 6.07) is 12.8. The number of rotatable bonds is 4. The van der Waals surface area contributed by atoms with Gasteiger partial charge < -0.3 is 5.32 Å². The van der Waals surface area contributed by atoms with Crippen LogP contribution < -0.4 is 5.32 Å². The van der Waals surface area contributed by atoms with E-state index in [0.717, 1.165) is 9.13 Å². The molecule has 4 nitrogen and oxygen atoms in total. The van der Waals surface area contributed by atoms with Crippen LogP contribution in [0.1, 0.15) is 15.9 Å². The molecule has 3 rings (SSSR count). The molecule has 8 heteroatoms.